The predicted octanol–water partition coefficient (Wildman–Crippen LogP) is 4.75. The molecule has 25 heavy (non-hydrogen) atoms. The molecule has 0 saturated heterocycles. The summed E-state index contributed by atoms with van der Waals surface area (Å²) >= 11 is 5.91. The van der Waals surface area contributed by atoms with E-state index in [1.54, 1.807) is 42.5 Å². The minimum atomic E-state index is -0.472. The van der Waals surface area contributed by atoms with Crippen LogP contribution in [0.15, 0.2) is 62.2 Å². The summed E-state index contributed by atoms with van der Waals surface area (Å²) in [6.45, 7) is 1.83. The molecule has 0 spiro atoms. The number of benzene rings is 2. The van der Waals surface area contributed by atoms with Crippen molar-refractivity contribution in [1.29, 1.82) is 0 Å². The lowest BCUT2D eigenvalue weighted by Crippen LogP contribution is -2.11. The molecule has 4 aromatic rings. The largest absolute Gasteiger partial charge is 0.425 e. The van der Waals surface area contributed by atoms with Crippen LogP contribution in [0.4, 0.5) is 5.69 Å². The molecule has 4 rings (SSSR count). The van der Waals surface area contributed by atoms with Gasteiger partial charge in [-0.2, -0.15) is 0 Å². The molecule has 0 bridgehead atoms. The van der Waals surface area contributed by atoms with Crippen molar-refractivity contribution in [2.45, 2.75) is 6.92 Å². The highest BCUT2D eigenvalue weighted by molar-refractivity contribution is 6.30. The average molecular weight is 354 g/mol. The number of halogens is 1. The Morgan fingerprint density at radius 1 is 1.04 bits per heavy atom. The van der Waals surface area contributed by atoms with Crippen molar-refractivity contribution in [3.63, 3.8) is 0 Å². The summed E-state index contributed by atoms with van der Waals surface area (Å²) < 4.78 is 11.0. The van der Waals surface area contributed by atoms with Gasteiger partial charge in [-0.25, -0.2) is 0 Å². The Labute approximate surface area is 146 Å². The molecule has 124 valence electrons. The Bertz CT molecular complexity index is 1190. The van der Waals surface area contributed by atoms with Gasteiger partial charge in [0.15, 0.2) is 5.76 Å². The van der Waals surface area contributed by atoms with E-state index < -0.39 is 5.91 Å². The van der Waals surface area contributed by atoms with Gasteiger partial charge in [0.05, 0.1) is 5.39 Å². The van der Waals surface area contributed by atoms with Crippen LogP contribution in [0.2, 0.25) is 5.02 Å². The van der Waals surface area contributed by atoms with Gasteiger partial charge >= 0.3 is 5.78 Å². The minimum absolute atomic E-state index is 0.000469. The van der Waals surface area contributed by atoms with E-state index in [4.69, 9.17) is 20.4 Å². The van der Waals surface area contributed by atoms with Gasteiger partial charge in [0.1, 0.15) is 11.0 Å². The van der Waals surface area contributed by atoms with Crippen LogP contribution in [0.5, 0.6) is 0 Å². The van der Waals surface area contributed by atoms with E-state index in [9.17, 15) is 9.59 Å². The van der Waals surface area contributed by atoms with Crippen molar-refractivity contribution < 1.29 is 13.6 Å². The minimum Gasteiger partial charge on any atom is -0.425 e. The molecular weight excluding hydrogens is 342 g/mol. The topological polar surface area (TPSA) is 72.5 Å². The van der Waals surface area contributed by atoms with E-state index >= 15 is 0 Å². The Hall–Kier alpha value is -3.05. The van der Waals surface area contributed by atoms with Crippen LogP contribution in [0.1, 0.15) is 16.1 Å². The maximum atomic E-state index is 12.5. The van der Waals surface area contributed by atoms with Crippen LogP contribution in [0.25, 0.3) is 22.1 Å². The van der Waals surface area contributed by atoms with Crippen LogP contribution in [0.3, 0.4) is 0 Å². The Morgan fingerprint density at radius 3 is 2.64 bits per heavy atom. The number of carbonyl (C=O) groups is 1. The third-order valence-corrected chi connectivity index (χ3v) is 4.17. The summed E-state index contributed by atoms with van der Waals surface area (Å²) in [6.07, 6.45) is 0. The molecule has 0 aliphatic rings. The maximum absolute atomic E-state index is 12.5. The van der Waals surface area contributed by atoms with Gasteiger partial charge in [-0.3, -0.25) is 9.59 Å². The Morgan fingerprint density at radius 2 is 1.84 bits per heavy atom. The van der Waals surface area contributed by atoms with Crippen LogP contribution in [0, 0.1) is 6.92 Å². The summed E-state index contributed by atoms with van der Waals surface area (Å²) in [5.74, 6) is -0.442. The van der Waals surface area contributed by atoms with Crippen LogP contribution in [-0.4, -0.2) is 5.91 Å². The van der Waals surface area contributed by atoms with Crippen LogP contribution in [-0.2, 0) is 0 Å². The van der Waals surface area contributed by atoms with Gasteiger partial charge in [-0.1, -0.05) is 23.7 Å². The zero-order valence-corrected chi connectivity index (χ0v) is 13.9. The van der Waals surface area contributed by atoms with Crippen molar-refractivity contribution >= 4 is 45.3 Å². The summed E-state index contributed by atoms with van der Waals surface area (Å²) in [5, 5.41) is 4.00. The van der Waals surface area contributed by atoms with Crippen molar-refractivity contribution in [2.75, 3.05) is 5.32 Å². The highest BCUT2D eigenvalue weighted by Crippen LogP contribution is 2.24. The normalized spacial score (nSPS) is 11.1. The first-order valence-electron chi connectivity index (χ1n) is 7.56. The smallest absolute Gasteiger partial charge is 0.302 e. The molecule has 2 aromatic heterocycles. The quantitative estimate of drug-likeness (QED) is 0.564. The second-order valence-corrected chi connectivity index (χ2v) is 6.09. The highest BCUT2D eigenvalue weighted by atomic mass is 35.5. The second kappa shape index (κ2) is 5.79. The number of rotatable bonds is 2. The maximum Gasteiger partial charge on any atom is 0.302 e. The molecular formula is C19H12ClNO4. The number of anilines is 1. The Balaban J connectivity index is 1.76. The molecule has 0 saturated carbocycles. The van der Waals surface area contributed by atoms with Gasteiger partial charge in [-0.15, -0.1) is 0 Å². The van der Waals surface area contributed by atoms with Gasteiger partial charge < -0.3 is 14.2 Å². The number of furan rings is 1. The first kappa shape index (κ1) is 15.5. The molecule has 0 atom stereocenters. The molecule has 2 heterocycles. The van der Waals surface area contributed by atoms with Crippen molar-refractivity contribution in [3.05, 3.63) is 75.1 Å². The van der Waals surface area contributed by atoms with E-state index in [-0.39, 0.29) is 22.4 Å². The Kier molecular flexibility index (Phi) is 3.58. The number of para-hydroxylation sites is 1. The van der Waals surface area contributed by atoms with E-state index in [2.05, 4.69) is 5.32 Å². The van der Waals surface area contributed by atoms with Gasteiger partial charge in [0.2, 0.25) is 5.43 Å². The zero-order chi connectivity index (χ0) is 17.6. The number of hydrogen-bond acceptors (Lipinski definition) is 4. The standard InChI is InChI=1S/C19H12ClNO4/c1-10-8-11(20)6-7-14(10)21-18(23)16-9-13-17(22)12-4-2-3-5-15(12)24-19(13)25-16/h2-9H,1H3,(H,21,23). The van der Waals surface area contributed by atoms with E-state index in [0.717, 1.165) is 5.56 Å². The van der Waals surface area contributed by atoms with Crippen molar-refractivity contribution in [2.24, 2.45) is 0 Å². The second-order valence-electron chi connectivity index (χ2n) is 5.65. The number of hydrogen-bond donors (Lipinski definition) is 1. The first-order chi connectivity index (χ1) is 12.0. The van der Waals surface area contributed by atoms with Gasteiger partial charge in [-0.05, 0) is 42.8 Å². The fraction of sp³-hybridized carbons (Fsp3) is 0.0526. The number of amides is 1. The number of fused-ring (bicyclic) bond motifs is 2. The molecule has 0 fully saturated rings. The van der Waals surface area contributed by atoms with Gasteiger partial charge in [0, 0.05) is 16.8 Å². The van der Waals surface area contributed by atoms with Crippen molar-refractivity contribution in [3.8, 4) is 0 Å². The third kappa shape index (κ3) is 2.68. The molecule has 0 unspecified atom stereocenters. The van der Waals surface area contributed by atoms with E-state index in [1.807, 2.05) is 6.92 Å². The molecule has 5 nitrogen and oxygen atoms in total. The lowest BCUT2D eigenvalue weighted by Gasteiger charge is -2.06. The number of carbonyl (C=O) groups excluding carboxylic acids is 1. The average Bonchev–Trinajstić information content (AvgIpc) is 3.02. The highest BCUT2D eigenvalue weighted by Gasteiger charge is 2.18. The monoisotopic (exact) mass is 353 g/mol. The molecule has 1 N–H and O–H groups in total. The summed E-state index contributed by atoms with van der Waals surface area (Å²) in [4.78, 5) is 25.0. The summed E-state index contributed by atoms with van der Waals surface area (Å²) in [7, 11) is 0. The fourth-order valence-electron chi connectivity index (χ4n) is 2.66. The molecule has 0 aliphatic carbocycles. The molecule has 0 aliphatic heterocycles. The van der Waals surface area contributed by atoms with E-state index in [0.29, 0.717) is 21.7 Å². The summed E-state index contributed by atoms with van der Waals surface area (Å²) in [6, 6.07) is 13.4. The molecule has 6 heteroatoms. The van der Waals surface area contributed by atoms with Crippen LogP contribution >= 0.6 is 11.6 Å². The first-order valence-corrected chi connectivity index (χ1v) is 7.93. The van der Waals surface area contributed by atoms with Gasteiger partial charge in [0.25, 0.3) is 5.91 Å². The lowest BCUT2D eigenvalue weighted by molar-refractivity contribution is 0.0997. The SMILES string of the molecule is Cc1cc(Cl)ccc1NC(=O)c1cc2c(=O)c3ccccc3oc2o1. The third-order valence-electron chi connectivity index (χ3n) is 3.94. The number of nitrogens with one attached hydrogen (secondary N) is 1. The molecule has 2 aromatic carbocycles. The summed E-state index contributed by atoms with van der Waals surface area (Å²) in [5.41, 5.74) is 1.60. The number of aryl methyl sites for hydroxylation is 1. The van der Waals surface area contributed by atoms with Crippen LogP contribution < -0.4 is 10.7 Å². The molecule has 0 radical (unpaired) electrons. The molecule has 1 amide bonds. The zero-order valence-electron chi connectivity index (χ0n) is 13.1. The predicted molar refractivity (Wildman–Crippen MR) is 96.4 cm³/mol. The fourth-order valence-corrected chi connectivity index (χ4v) is 2.89. The van der Waals surface area contributed by atoms with E-state index in [1.165, 1.54) is 6.07 Å². The van der Waals surface area contributed by atoms with Crippen molar-refractivity contribution in [1.82, 2.24) is 0 Å². The lowest BCUT2D eigenvalue weighted by atomic mass is 10.2.